The van der Waals surface area contributed by atoms with Crippen molar-refractivity contribution in [3.63, 3.8) is 0 Å². The highest BCUT2D eigenvalue weighted by Gasteiger charge is 2.36. The van der Waals surface area contributed by atoms with Crippen molar-refractivity contribution >= 4 is 0 Å². The number of benzene rings is 2. The van der Waals surface area contributed by atoms with Gasteiger partial charge in [-0.05, 0) is 42.5 Å². The van der Waals surface area contributed by atoms with Crippen LogP contribution in [-0.2, 0) is 6.18 Å². The van der Waals surface area contributed by atoms with Crippen molar-refractivity contribution in [1.82, 2.24) is 9.78 Å². The zero-order chi connectivity index (χ0) is 15.7. The van der Waals surface area contributed by atoms with E-state index in [0.29, 0.717) is 11.3 Å². The first-order chi connectivity index (χ1) is 10.4. The van der Waals surface area contributed by atoms with Crippen LogP contribution in [0.5, 0.6) is 0 Å². The summed E-state index contributed by atoms with van der Waals surface area (Å²) in [7, 11) is 0. The molecule has 1 heterocycles. The number of hydrogen-bond donors (Lipinski definition) is 0. The molecule has 112 valence electrons. The Morgan fingerprint density at radius 3 is 2.09 bits per heavy atom. The monoisotopic (exact) mass is 306 g/mol. The molecule has 0 N–H and O–H groups in total. The van der Waals surface area contributed by atoms with E-state index in [4.69, 9.17) is 0 Å². The van der Waals surface area contributed by atoms with E-state index in [0.717, 1.165) is 10.7 Å². The van der Waals surface area contributed by atoms with Crippen molar-refractivity contribution in [3.8, 4) is 16.9 Å². The van der Waals surface area contributed by atoms with Gasteiger partial charge >= 0.3 is 6.18 Å². The Bertz CT molecular complexity index is 774. The van der Waals surface area contributed by atoms with Gasteiger partial charge in [-0.2, -0.15) is 18.3 Å². The van der Waals surface area contributed by atoms with E-state index in [1.165, 1.54) is 36.4 Å². The second-order valence-electron chi connectivity index (χ2n) is 4.67. The Balaban J connectivity index is 2.15. The molecule has 0 saturated carbocycles. The third kappa shape index (κ3) is 2.72. The molecule has 2 aromatic carbocycles. The number of halogens is 4. The first-order valence-corrected chi connectivity index (χ1v) is 6.44. The Morgan fingerprint density at radius 1 is 0.864 bits per heavy atom. The second-order valence-corrected chi connectivity index (χ2v) is 4.67. The normalized spacial score (nSPS) is 11.6. The highest BCUT2D eigenvalue weighted by atomic mass is 19.4. The molecule has 0 atom stereocenters. The first-order valence-electron chi connectivity index (χ1n) is 6.44. The minimum absolute atomic E-state index is 0.135. The molecular formula is C16H10F4N2. The summed E-state index contributed by atoms with van der Waals surface area (Å²) >= 11 is 0. The summed E-state index contributed by atoms with van der Waals surface area (Å²) in [6, 6.07) is 14.2. The van der Waals surface area contributed by atoms with E-state index < -0.39 is 17.7 Å². The van der Waals surface area contributed by atoms with Crippen LogP contribution < -0.4 is 0 Å². The van der Waals surface area contributed by atoms with Gasteiger partial charge in [0, 0.05) is 5.56 Å². The van der Waals surface area contributed by atoms with Crippen LogP contribution in [-0.4, -0.2) is 9.78 Å². The van der Waals surface area contributed by atoms with Gasteiger partial charge in [-0.15, -0.1) is 0 Å². The Morgan fingerprint density at radius 2 is 1.50 bits per heavy atom. The average Bonchev–Trinajstić information content (AvgIpc) is 2.94. The van der Waals surface area contributed by atoms with Crippen LogP contribution in [0.1, 0.15) is 5.69 Å². The van der Waals surface area contributed by atoms with E-state index in [1.54, 1.807) is 18.2 Å². The summed E-state index contributed by atoms with van der Waals surface area (Å²) in [5.74, 6) is -0.456. The molecule has 6 heteroatoms. The Hall–Kier alpha value is -2.63. The predicted molar refractivity (Wildman–Crippen MR) is 74.0 cm³/mol. The zero-order valence-electron chi connectivity index (χ0n) is 11.2. The fraction of sp³-hybridized carbons (Fsp3) is 0.0625. The summed E-state index contributed by atoms with van der Waals surface area (Å²) in [5.41, 5.74) is -0.0148. The van der Waals surface area contributed by atoms with Gasteiger partial charge in [-0.25, -0.2) is 9.07 Å². The lowest BCUT2D eigenvalue weighted by molar-refractivity contribution is -0.142. The molecule has 0 aliphatic heterocycles. The lowest BCUT2D eigenvalue weighted by Gasteiger charge is -2.09. The minimum atomic E-state index is -4.54. The molecule has 22 heavy (non-hydrogen) atoms. The highest BCUT2D eigenvalue weighted by Crippen LogP contribution is 2.34. The van der Waals surface area contributed by atoms with Gasteiger partial charge in [0.2, 0.25) is 0 Å². The maximum atomic E-state index is 13.2. The number of aromatic nitrogens is 2. The third-order valence-corrected chi connectivity index (χ3v) is 3.14. The Labute approximate surface area is 123 Å². The summed E-state index contributed by atoms with van der Waals surface area (Å²) < 4.78 is 53.4. The standard InChI is InChI=1S/C16H10F4N2/c17-12-8-6-11(7-9-12)14-10-15(16(18,19)20)22(21-14)13-4-2-1-3-5-13/h1-10H. The highest BCUT2D eigenvalue weighted by molar-refractivity contribution is 5.60. The van der Waals surface area contributed by atoms with Gasteiger partial charge in [0.15, 0.2) is 0 Å². The molecule has 0 aliphatic rings. The molecule has 3 rings (SSSR count). The van der Waals surface area contributed by atoms with Gasteiger partial charge in [0.25, 0.3) is 0 Å². The molecule has 0 radical (unpaired) electrons. The van der Waals surface area contributed by atoms with Crippen molar-refractivity contribution in [1.29, 1.82) is 0 Å². The van der Waals surface area contributed by atoms with Crippen LogP contribution in [0.4, 0.5) is 17.6 Å². The van der Waals surface area contributed by atoms with E-state index in [1.807, 2.05) is 0 Å². The van der Waals surface area contributed by atoms with Crippen LogP contribution in [0.2, 0.25) is 0 Å². The van der Waals surface area contributed by atoms with Crippen molar-refractivity contribution < 1.29 is 17.6 Å². The van der Waals surface area contributed by atoms with E-state index in [9.17, 15) is 17.6 Å². The molecule has 2 nitrogen and oxygen atoms in total. The molecule has 0 aliphatic carbocycles. The topological polar surface area (TPSA) is 17.8 Å². The van der Waals surface area contributed by atoms with E-state index >= 15 is 0 Å². The molecular weight excluding hydrogens is 296 g/mol. The van der Waals surface area contributed by atoms with Gasteiger partial charge in [-0.3, -0.25) is 0 Å². The smallest absolute Gasteiger partial charge is 0.228 e. The first kappa shape index (κ1) is 14.3. The molecule has 0 spiro atoms. The summed E-state index contributed by atoms with van der Waals surface area (Å²) in [6.45, 7) is 0. The summed E-state index contributed by atoms with van der Waals surface area (Å²) in [6.07, 6.45) is -4.54. The number of alkyl halides is 3. The summed E-state index contributed by atoms with van der Waals surface area (Å²) in [5, 5.41) is 4.02. The average molecular weight is 306 g/mol. The molecule has 0 bridgehead atoms. The van der Waals surface area contributed by atoms with Gasteiger partial charge in [-0.1, -0.05) is 18.2 Å². The van der Waals surface area contributed by atoms with Crippen molar-refractivity contribution in [2.45, 2.75) is 6.18 Å². The number of rotatable bonds is 2. The maximum Gasteiger partial charge on any atom is 0.433 e. The van der Waals surface area contributed by atoms with Crippen molar-refractivity contribution in [3.05, 3.63) is 72.2 Å². The maximum absolute atomic E-state index is 13.2. The van der Waals surface area contributed by atoms with Gasteiger partial charge in [0.1, 0.15) is 11.5 Å². The summed E-state index contributed by atoms with van der Waals surface area (Å²) in [4.78, 5) is 0. The number of hydrogen-bond acceptors (Lipinski definition) is 1. The Kier molecular flexibility index (Phi) is 3.44. The lowest BCUT2D eigenvalue weighted by Crippen LogP contribution is -2.13. The number of nitrogens with zero attached hydrogens (tertiary/aromatic N) is 2. The molecule has 0 fully saturated rings. The van der Waals surface area contributed by atoms with Crippen LogP contribution in [0.15, 0.2) is 60.7 Å². The van der Waals surface area contributed by atoms with Gasteiger partial charge < -0.3 is 0 Å². The van der Waals surface area contributed by atoms with Crippen molar-refractivity contribution in [2.75, 3.05) is 0 Å². The van der Waals surface area contributed by atoms with Crippen molar-refractivity contribution in [2.24, 2.45) is 0 Å². The molecule has 3 aromatic rings. The fourth-order valence-electron chi connectivity index (χ4n) is 2.11. The molecule has 0 unspecified atom stereocenters. The minimum Gasteiger partial charge on any atom is -0.228 e. The molecule has 0 saturated heterocycles. The SMILES string of the molecule is Fc1ccc(-c2cc(C(F)(F)F)n(-c3ccccc3)n2)cc1. The molecule has 0 amide bonds. The third-order valence-electron chi connectivity index (χ3n) is 3.14. The second kappa shape index (κ2) is 5.29. The largest absolute Gasteiger partial charge is 0.433 e. The quantitative estimate of drug-likeness (QED) is 0.628. The lowest BCUT2D eigenvalue weighted by atomic mass is 10.1. The predicted octanol–water partition coefficient (Wildman–Crippen LogP) is 4.70. The van der Waals surface area contributed by atoms with Crippen LogP contribution in [0.25, 0.3) is 16.9 Å². The van der Waals surface area contributed by atoms with E-state index in [-0.39, 0.29) is 5.69 Å². The van der Waals surface area contributed by atoms with Gasteiger partial charge in [0.05, 0.1) is 11.4 Å². The fourth-order valence-corrected chi connectivity index (χ4v) is 2.11. The van der Waals surface area contributed by atoms with Crippen LogP contribution in [0.3, 0.4) is 0 Å². The zero-order valence-corrected chi connectivity index (χ0v) is 11.2. The van der Waals surface area contributed by atoms with Crippen LogP contribution >= 0.6 is 0 Å². The molecule has 1 aromatic heterocycles. The number of para-hydroxylation sites is 1. The van der Waals surface area contributed by atoms with Crippen LogP contribution in [0, 0.1) is 5.82 Å². The van der Waals surface area contributed by atoms with E-state index in [2.05, 4.69) is 5.10 Å².